The van der Waals surface area contributed by atoms with Crippen LogP contribution in [0.4, 0.5) is 4.79 Å². The van der Waals surface area contributed by atoms with Crippen LogP contribution in [0, 0.1) is 0 Å². The van der Waals surface area contributed by atoms with E-state index < -0.39 is 5.97 Å². The Labute approximate surface area is 101 Å². The lowest BCUT2D eigenvalue weighted by Gasteiger charge is -2.34. The SMILES string of the molecule is C=CC(C)NC(=O)N1CCN(CC(=O)O)CC1. The number of urea groups is 1. The molecular weight excluding hydrogens is 222 g/mol. The first-order valence-electron chi connectivity index (χ1n) is 5.65. The lowest BCUT2D eigenvalue weighted by molar-refractivity contribution is -0.138. The highest BCUT2D eigenvalue weighted by Gasteiger charge is 2.22. The number of amides is 2. The summed E-state index contributed by atoms with van der Waals surface area (Å²) < 4.78 is 0. The molecule has 0 saturated carbocycles. The molecule has 1 heterocycles. The summed E-state index contributed by atoms with van der Waals surface area (Å²) in [4.78, 5) is 25.8. The van der Waals surface area contributed by atoms with Crippen LogP contribution in [0.3, 0.4) is 0 Å². The zero-order valence-electron chi connectivity index (χ0n) is 10.1. The zero-order valence-corrected chi connectivity index (χ0v) is 10.1. The van der Waals surface area contributed by atoms with Crippen LogP contribution in [-0.4, -0.2) is 65.7 Å². The maximum Gasteiger partial charge on any atom is 0.317 e. The zero-order chi connectivity index (χ0) is 12.8. The molecule has 0 aromatic carbocycles. The van der Waals surface area contributed by atoms with E-state index >= 15 is 0 Å². The number of aliphatic carboxylic acids is 1. The monoisotopic (exact) mass is 241 g/mol. The number of piperazine rings is 1. The van der Waals surface area contributed by atoms with Gasteiger partial charge in [-0.15, -0.1) is 6.58 Å². The van der Waals surface area contributed by atoms with E-state index in [1.54, 1.807) is 11.0 Å². The van der Waals surface area contributed by atoms with Crippen molar-refractivity contribution in [1.29, 1.82) is 0 Å². The Balaban J connectivity index is 2.33. The van der Waals surface area contributed by atoms with Crippen molar-refractivity contribution in [3.05, 3.63) is 12.7 Å². The average molecular weight is 241 g/mol. The first-order chi connectivity index (χ1) is 8.02. The molecule has 17 heavy (non-hydrogen) atoms. The van der Waals surface area contributed by atoms with Crippen LogP contribution in [-0.2, 0) is 4.79 Å². The molecule has 2 amide bonds. The van der Waals surface area contributed by atoms with Crippen molar-refractivity contribution in [2.75, 3.05) is 32.7 Å². The van der Waals surface area contributed by atoms with Crippen LogP contribution in [0.1, 0.15) is 6.92 Å². The average Bonchev–Trinajstić information content (AvgIpc) is 2.28. The van der Waals surface area contributed by atoms with Crippen molar-refractivity contribution < 1.29 is 14.7 Å². The predicted octanol–water partition coefficient (Wildman–Crippen LogP) is -0.0273. The van der Waals surface area contributed by atoms with Gasteiger partial charge in [-0.05, 0) is 6.92 Å². The molecule has 6 nitrogen and oxygen atoms in total. The number of carbonyl (C=O) groups excluding carboxylic acids is 1. The molecule has 2 N–H and O–H groups in total. The maximum absolute atomic E-state index is 11.7. The highest BCUT2D eigenvalue weighted by molar-refractivity contribution is 5.75. The third-order valence-electron chi connectivity index (χ3n) is 2.72. The van der Waals surface area contributed by atoms with E-state index in [1.807, 2.05) is 11.8 Å². The number of carbonyl (C=O) groups is 2. The van der Waals surface area contributed by atoms with Crippen LogP contribution in [0.25, 0.3) is 0 Å². The smallest absolute Gasteiger partial charge is 0.317 e. The van der Waals surface area contributed by atoms with Crippen molar-refractivity contribution in [1.82, 2.24) is 15.1 Å². The third-order valence-corrected chi connectivity index (χ3v) is 2.72. The standard InChI is InChI=1S/C11H19N3O3/c1-3-9(2)12-11(17)14-6-4-13(5-7-14)8-10(15)16/h3,9H,1,4-8H2,2H3,(H,12,17)(H,15,16). The normalized spacial score (nSPS) is 18.5. The predicted molar refractivity (Wildman–Crippen MR) is 63.8 cm³/mol. The largest absolute Gasteiger partial charge is 0.480 e. The number of hydrogen-bond acceptors (Lipinski definition) is 3. The first kappa shape index (κ1) is 13.5. The van der Waals surface area contributed by atoms with E-state index in [2.05, 4.69) is 11.9 Å². The molecule has 0 radical (unpaired) electrons. The molecule has 0 aliphatic carbocycles. The molecule has 1 unspecified atom stereocenters. The molecule has 1 aliphatic heterocycles. The van der Waals surface area contributed by atoms with Gasteiger partial charge in [-0.3, -0.25) is 9.69 Å². The number of rotatable bonds is 4. The summed E-state index contributed by atoms with van der Waals surface area (Å²) in [5, 5.41) is 11.4. The summed E-state index contributed by atoms with van der Waals surface area (Å²) in [7, 11) is 0. The van der Waals surface area contributed by atoms with Crippen molar-refractivity contribution in [2.24, 2.45) is 0 Å². The summed E-state index contributed by atoms with van der Waals surface area (Å²) in [6.45, 7) is 7.81. The minimum atomic E-state index is -0.830. The van der Waals surface area contributed by atoms with Crippen LogP contribution in [0.15, 0.2) is 12.7 Å². The van der Waals surface area contributed by atoms with E-state index in [0.717, 1.165) is 0 Å². The van der Waals surface area contributed by atoms with E-state index in [9.17, 15) is 9.59 Å². The van der Waals surface area contributed by atoms with Gasteiger partial charge in [0.1, 0.15) is 0 Å². The number of carboxylic acid groups (broad SMARTS) is 1. The molecule has 96 valence electrons. The summed E-state index contributed by atoms with van der Waals surface area (Å²) in [6, 6.07) is -0.174. The summed E-state index contributed by atoms with van der Waals surface area (Å²) in [6.07, 6.45) is 1.67. The second kappa shape index (κ2) is 6.24. The van der Waals surface area contributed by atoms with Crippen LogP contribution in [0.5, 0.6) is 0 Å². The van der Waals surface area contributed by atoms with Crippen molar-refractivity contribution in [2.45, 2.75) is 13.0 Å². The second-order valence-electron chi connectivity index (χ2n) is 4.13. The fourth-order valence-corrected chi connectivity index (χ4v) is 1.65. The quantitative estimate of drug-likeness (QED) is 0.678. The Morgan fingerprint density at radius 1 is 1.41 bits per heavy atom. The van der Waals surface area contributed by atoms with Gasteiger partial charge < -0.3 is 15.3 Å². The van der Waals surface area contributed by atoms with Crippen LogP contribution >= 0.6 is 0 Å². The maximum atomic E-state index is 11.7. The summed E-state index contributed by atoms with van der Waals surface area (Å²) in [5.74, 6) is -0.830. The first-order valence-corrected chi connectivity index (χ1v) is 5.65. The molecule has 1 atom stereocenters. The number of nitrogens with one attached hydrogen (secondary N) is 1. The van der Waals surface area contributed by atoms with E-state index in [1.165, 1.54) is 0 Å². The lowest BCUT2D eigenvalue weighted by Crippen LogP contribution is -2.53. The molecular formula is C11H19N3O3. The third kappa shape index (κ3) is 4.44. The van der Waals surface area contributed by atoms with Crippen molar-refractivity contribution >= 4 is 12.0 Å². The van der Waals surface area contributed by atoms with Gasteiger partial charge in [-0.2, -0.15) is 0 Å². The number of nitrogens with zero attached hydrogens (tertiary/aromatic N) is 2. The van der Waals surface area contributed by atoms with Gasteiger partial charge in [0, 0.05) is 32.2 Å². The molecule has 1 rings (SSSR count). The highest BCUT2D eigenvalue weighted by atomic mass is 16.4. The van der Waals surface area contributed by atoms with Gasteiger partial charge in [-0.25, -0.2) is 4.79 Å². The molecule has 0 aromatic rings. The minimum Gasteiger partial charge on any atom is -0.480 e. The van der Waals surface area contributed by atoms with Gasteiger partial charge in [-0.1, -0.05) is 6.08 Å². The van der Waals surface area contributed by atoms with Gasteiger partial charge in [0.25, 0.3) is 0 Å². The van der Waals surface area contributed by atoms with E-state index in [4.69, 9.17) is 5.11 Å². The van der Waals surface area contributed by atoms with E-state index in [0.29, 0.717) is 26.2 Å². The topological polar surface area (TPSA) is 72.9 Å². The molecule has 0 bridgehead atoms. The Morgan fingerprint density at radius 3 is 2.47 bits per heavy atom. The second-order valence-corrected chi connectivity index (χ2v) is 4.13. The molecule has 0 spiro atoms. The Morgan fingerprint density at radius 2 is 2.00 bits per heavy atom. The van der Waals surface area contributed by atoms with E-state index in [-0.39, 0.29) is 18.6 Å². The van der Waals surface area contributed by atoms with Crippen molar-refractivity contribution in [3.63, 3.8) is 0 Å². The Kier molecular flexibility index (Phi) is 4.96. The van der Waals surface area contributed by atoms with Crippen LogP contribution < -0.4 is 5.32 Å². The number of hydrogen-bond donors (Lipinski definition) is 2. The molecule has 6 heteroatoms. The fourth-order valence-electron chi connectivity index (χ4n) is 1.65. The molecule has 1 aliphatic rings. The lowest BCUT2D eigenvalue weighted by atomic mass is 10.3. The Bertz CT molecular complexity index is 298. The summed E-state index contributed by atoms with van der Waals surface area (Å²) in [5.41, 5.74) is 0. The van der Waals surface area contributed by atoms with Gasteiger partial charge in [0.2, 0.25) is 0 Å². The van der Waals surface area contributed by atoms with Gasteiger partial charge >= 0.3 is 12.0 Å². The molecule has 0 aromatic heterocycles. The number of carboxylic acids is 1. The summed E-state index contributed by atoms with van der Waals surface area (Å²) >= 11 is 0. The molecule has 1 fully saturated rings. The van der Waals surface area contributed by atoms with Gasteiger partial charge in [0.05, 0.1) is 6.54 Å². The highest BCUT2D eigenvalue weighted by Crippen LogP contribution is 2.02. The van der Waals surface area contributed by atoms with Crippen molar-refractivity contribution in [3.8, 4) is 0 Å². The minimum absolute atomic E-state index is 0.0402. The van der Waals surface area contributed by atoms with Crippen LogP contribution in [0.2, 0.25) is 0 Å². The van der Waals surface area contributed by atoms with Gasteiger partial charge in [0.15, 0.2) is 0 Å². The molecule has 1 saturated heterocycles. The Hall–Kier alpha value is -1.56. The fraction of sp³-hybridized carbons (Fsp3) is 0.636.